The minimum Gasteiger partial charge on any atom is -0.339 e. The van der Waals surface area contributed by atoms with Gasteiger partial charge in [-0.2, -0.15) is 0 Å². The van der Waals surface area contributed by atoms with Crippen LogP contribution in [0.5, 0.6) is 0 Å². The van der Waals surface area contributed by atoms with Gasteiger partial charge in [-0.1, -0.05) is 48.0 Å². The molecule has 7 nitrogen and oxygen atoms in total. The minimum absolute atomic E-state index is 0.0230. The summed E-state index contributed by atoms with van der Waals surface area (Å²) in [6.07, 6.45) is 2.61. The molecule has 7 heteroatoms. The first-order valence-electron chi connectivity index (χ1n) is 12.9. The summed E-state index contributed by atoms with van der Waals surface area (Å²) in [5.41, 5.74) is 3.06. The van der Waals surface area contributed by atoms with E-state index in [1.165, 1.54) is 4.90 Å². The van der Waals surface area contributed by atoms with Crippen LogP contribution >= 0.6 is 0 Å². The normalized spacial score (nSPS) is 20.8. The van der Waals surface area contributed by atoms with Crippen LogP contribution in [0, 0.1) is 19.8 Å². The molecule has 4 amide bonds. The summed E-state index contributed by atoms with van der Waals surface area (Å²) in [7, 11) is 3.87. The number of hydrogen-bond donors (Lipinski definition) is 1. The number of rotatable bonds is 8. The van der Waals surface area contributed by atoms with Gasteiger partial charge in [0.05, 0.1) is 0 Å². The molecule has 2 heterocycles. The maximum absolute atomic E-state index is 13.8. The molecule has 1 atom stereocenters. The standard InChI is InChI=1S/C29H38N4O3/c1-21-10-11-25(22(2)20-21)26(34)32-16-13-24(14-17-32)29(15-12-23-8-6-5-7-9-23)27(35)33(28(36)30-29)19-18-31(3)4/h5-11,20,24H,12-19H2,1-4H3,(H,30,36)/t29-/m1/s1. The molecular weight excluding hydrogens is 452 g/mol. The average Bonchev–Trinajstić information content (AvgIpc) is 3.11. The van der Waals surface area contributed by atoms with Crippen LogP contribution in [0.15, 0.2) is 48.5 Å². The highest BCUT2D eigenvalue weighted by atomic mass is 16.2. The van der Waals surface area contributed by atoms with Crippen molar-refractivity contribution in [3.8, 4) is 0 Å². The van der Waals surface area contributed by atoms with Crippen LogP contribution in [0.25, 0.3) is 0 Å². The smallest absolute Gasteiger partial charge is 0.325 e. The number of benzene rings is 2. The van der Waals surface area contributed by atoms with Crippen molar-refractivity contribution in [1.82, 2.24) is 20.0 Å². The molecule has 2 aromatic carbocycles. The van der Waals surface area contributed by atoms with E-state index >= 15 is 0 Å². The van der Waals surface area contributed by atoms with Crippen LogP contribution in [0.1, 0.15) is 46.3 Å². The first-order chi connectivity index (χ1) is 17.2. The summed E-state index contributed by atoms with van der Waals surface area (Å²) >= 11 is 0. The highest BCUT2D eigenvalue weighted by Gasteiger charge is 2.55. The Morgan fingerprint density at radius 3 is 2.39 bits per heavy atom. The van der Waals surface area contributed by atoms with Crippen molar-refractivity contribution in [3.05, 3.63) is 70.8 Å². The van der Waals surface area contributed by atoms with E-state index in [0.717, 1.165) is 22.3 Å². The van der Waals surface area contributed by atoms with Gasteiger partial charge >= 0.3 is 6.03 Å². The first kappa shape index (κ1) is 25.9. The Morgan fingerprint density at radius 1 is 1.06 bits per heavy atom. The fraction of sp³-hybridized carbons (Fsp3) is 0.483. The van der Waals surface area contributed by atoms with Crippen molar-refractivity contribution < 1.29 is 14.4 Å². The second-order valence-electron chi connectivity index (χ2n) is 10.5. The molecule has 2 aliphatic rings. The lowest BCUT2D eigenvalue weighted by molar-refractivity contribution is -0.134. The Morgan fingerprint density at radius 2 is 1.75 bits per heavy atom. The van der Waals surface area contributed by atoms with Gasteiger partial charge in [0.2, 0.25) is 0 Å². The van der Waals surface area contributed by atoms with E-state index in [9.17, 15) is 14.4 Å². The third kappa shape index (κ3) is 5.31. The van der Waals surface area contributed by atoms with E-state index in [1.54, 1.807) is 0 Å². The first-order valence-corrected chi connectivity index (χ1v) is 12.9. The summed E-state index contributed by atoms with van der Waals surface area (Å²) in [6.45, 7) is 6.14. The number of nitrogens with one attached hydrogen (secondary N) is 1. The Balaban J connectivity index is 1.52. The fourth-order valence-corrected chi connectivity index (χ4v) is 5.58. The van der Waals surface area contributed by atoms with Crippen LogP contribution in [-0.4, -0.2) is 78.4 Å². The maximum atomic E-state index is 13.8. The monoisotopic (exact) mass is 490 g/mol. The van der Waals surface area contributed by atoms with Crippen LogP contribution in [-0.2, 0) is 11.2 Å². The molecule has 0 bridgehead atoms. The molecule has 4 rings (SSSR count). The predicted octanol–water partition coefficient (Wildman–Crippen LogP) is 3.64. The number of amides is 4. The molecule has 2 aliphatic heterocycles. The summed E-state index contributed by atoms with van der Waals surface area (Å²) < 4.78 is 0. The van der Waals surface area contributed by atoms with Gasteiger partial charge in [-0.05, 0) is 76.7 Å². The molecule has 0 unspecified atom stereocenters. The van der Waals surface area contributed by atoms with Crippen LogP contribution in [0.4, 0.5) is 4.79 Å². The number of urea groups is 1. The van der Waals surface area contributed by atoms with Gasteiger partial charge in [0, 0.05) is 31.7 Å². The second kappa shape index (κ2) is 10.8. The molecule has 2 aromatic rings. The van der Waals surface area contributed by atoms with E-state index in [2.05, 4.69) is 17.4 Å². The van der Waals surface area contributed by atoms with Crippen molar-refractivity contribution in [2.75, 3.05) is 40.3 Å². The number of likely N-dealkylation sites (tertiary alicyclic amines) is 1. The Bertz CT molecular complexity index is 1110. The second-order valence-corrected chi connectivity index (χ2v) is 10.5. The van der Waals surface area contributed by atoms with E-state index in [0.29, 0.717) is 51.9 Å². The Labute approximate surface area is 214 Å². The molecule has 0 spiro atoms. The van der Waals surface area contributed by atoms with Crippen LogP contribution in [0.3, 0.4) is 0 Å². The van der Waals surface area contributed by atoms with Crippen molar-refractivity contribution >= 4 is 17.8 Å². The highest BCUT2D eigenvalue weighted by Crippen LogP contribution is 2.37. The number of carbonyl (C=O) groups excluding carboxylic acids is 3. The molecule has 0 radical (unpaired) electrons. The molecule has 2 fully saturated rings. The summed E-state index contributed by atoms with van der Waals surface area (Å²) in [6, 6.07) is 15.7. The number of hydrogen-bond acceptors (Lipinski definition) is 4. The molecule has 1 N–H and O–H groups in total. The quantitative estimate of drug-likeness (QED) is 0.574. The molecule has 0 saturated carbocycles. The summed E-state index contributed by atoms with van der Waals surface area (Å²) in [5.74, 6) is -0.103. The zero-order chi connectivity index (χ0) is 25.9. The summed E-state index contributed by atoms with van der Waals surface area (Å²) in [5, 5.41) is 3.14. The van der Waals surface area contributed by atoms with Gasteiger partial charge in [-0.25, -0.2) is 4.79 Å². The number of carbonyl (C=O) groups is 3. The van der Waals surface area contributed by atoms with E-state index in [-0.39, 0.29) is 23.8 Å². The zero-order valence-electron chi connectivity index (χ0n) is 21.9. The lowest BCUT2D eigenvalue weighted by atomic mass is 9.74. The van der Waals surface area contributed by atoms with Crippen molar-refractivity contribution in [3.63, 3.8) is 0 Å². The number of nitrogens with zero attached hydrogens (tertiary/aromatic N) is 3. The molecule has 0 aliphatic carbocycles. The van der Waals surface area contributed by atoms with E-state index in [1.807, 2.05) is 74.1 Å². The van der Waals surface area contributed by atoms with Crippen molar-refractivity contribution in [2.45, 2.75) is 45.1 Å². The highest BCUT2D eigenvalue weighted by molar-refractivity contribution is 6.07. The lowest BCUT2D eigenvalue weighted by Gasteiger charge is -2.41. The predicted molar refractivity (Wildman–Crippen MR) is 141 cm³/mol. The number of aryl methyl sites for hydroxylation is 3. The maximum Gasteiger partial charge on any atom is 0.325 e. The van der Waals surface area contributed by atoms with Gasteiger partial charge in [0.1, 0.15) is 5.54 Å². The lowest BCUT2D eigenvalue weighted by Crippen LogP contribution is -2.57. The van der Waals surface area contributed by atoms with Crippen LogP contribution < -0.4 is 5.32 Å². The Hall–Kier alpha value is -3.19. The Kier molecular flexibility index (Phi) is 7.79. The molecule has 192 valence electrons. The zero-order valence-corrected chi connectivity index (χ0v) is 21.9. The molecule has 36 heavy (non-hydrogen) atoms. The van der Waals surface area contributed by atoms with Gasteiger partial charge in [0.25, 0.3) is 11.8 Å². The topological polar surface area (TPSA) is 73.0 Å². The van der Waals surface area contributed by atoms with E-state index in [4.69, 9.17) is 0 Å². The number of imide groups is 1. The van der Waals surface area contributed by atoms with E-state index < -0.39 is 5.54 Å². The third-order valence-corrected chi connectivity index (χ3v) is 7.71. The third-order valence-electron chi connectivity index (χ3n) is 7.71. The fourth-order valence-electron chi connectivity index (χ4n) is 5.58. The molecular formula is C29H38N4O3. The largest absolute Gasteiger partial charge is 0.339 e. The molecule has 0 aromatic heterocycles. The van der Waals surface area contributed by atoms with Gasteiger partial charge in [0.15, 0.2) is 0 Å². The summed E-state index contributed by atoms with van der Waals surface area (Å²) in [4.78, 5) is 45.3. The van der Waals surface area contributed by atoms with Crippen molar-refractivity contribution in [2.24, 2.45) is 5.92 Å². The average molecular weight is 491 g/mol. The van der Waals surface area contributed by atoms with Crippen LogP contribution in [0.2, 0.25) is 0 Å². The SMILES string of the molecule is Cc1ccc(C(=O)N2CCC([C@@]3(CCc4ccccc4)NC(=O)N(CCN(C)C)C3=O)CC2)c(C)c1. The van der Waals surface area contributed by atoms with Gasteiger partial charge in [-0.3, -0.25) is 14.5 Å². The number of piperidine rings is 1. The van der Waals surface area contributed by atoms with Crippen molar-refractivity contribution in [1.29, 1.82) is 0 Å². The minimum atomic E-state index is -0.936. The van der Waals surface area contributed by atoms with Gasteiger partial charge in [-0.15, -0.1) is 0 Å². The van der Waals surface area contributed by atoms with Gasteiger partial charge < -0.3 is 15.1 Å². The molecule has 2 saturated heterocycles. The number of likely N-dealkylation sites (N-methyl/N-ethyl adjacent to an activating group) is 1.